The molecule has 2 rings (SSSR count). The van der Waals surface area contributed by atoms with Gasteiger partial charge in [0, 0.05) is 29.6 Å². The highest BCUT2D eigenvalue weighted by Crippen LogP contribution is 2.35. The number of fused-ring (bicyclic) bond motifs is 1. The normalized spacial score (nSPS) is 16.0. The monoisotopic (exact) mass is 293 g/mol. The number of aromatic nitrogens is 2. The Morgan fingerprint density at radius 1 is 1.29 bits per heavy atom. The molecule has 21 heavy (non-hydrogen) atoms. The third-order valence-corrected chi connectivity index (χ3v) is 4.49. The van der Waals surface area contributed by atoms with Gasteiger partial charge in [0.15, 0.2) is 0 Å². The van der Waals surface area contributed by atoms with E-state index in [0.29, 0.717) is 13.1 Å². The van der Waals surface area contributed by atoms with Gasteiger partial charge in [-0.3, -0.25) is 4.68 Å². The molecule has 5 heteroatoms. The van der Waals surface area contributed by atoms with Crippen LogP contribution in [0.5, 0.6) is 0 Å². The first-order chi connectivity index (χ1) is 9.58. The average molecular weight is 293 g/mol. The molecule has 0 unspecified atom stereocenters. The van der Waals surface area contributed by atoms with Crippen molar-refractivity contribution < 1.29 is 9.90 Å². The molecule has 1 aliphatic heterocycles. The molecule has 1 amide bonds. The summed E-state index contributed by atoms with van der Waals surface area (Å²) in [5.41, 5.74) is 3.25. The van der Waals surface area contributed by atoms with Crippen LogP contribution < -0.4 is 0 Å². The van der Waals surface area contributed by atoms with Gasteiger partial charge < -0.3 is 10.0 Å². The molecule has 0 atom stereocenters. The molecule has 0 saturated carbocycles. The Kier molecular flexibility index (Phi) is 3.80. The van der Waals surface area contributed by atoms with E-state index in [1.54, 1.807) is 0 Å². The van der Waals surface area contributed by atoms with Crippen LogP contribution >= 0.6 is 0 Å². The van der Waals surface area contributed by atoms with Crippen molar-refractivity contribution in [3.8, 4) is 0 Å². The zero-order valence-electron chi connectivity index (χ0n) is 14.0. The van der Waals surface area contributed by atoms with Crippen LogP contribution in [0.1, 0.15) is 64.9 Å². The van der Waals surface area contributed by atoms with Crippen molar-refractivity contribution in [2.24, 2.45) is 0 Å². The molecule has 0 aliphatic carbocycles. The molecule has 0 bridgehead atoms. The second-order valence-corrected chi connectivity index (χ2v) is 7.55. The summed E-state index contributed by atoms with van der Waals surface area (Å²) in [7, 11) is 0. The Hall–Kier alpha value is -1.52. The Bertz CT molecular complexity index is 553. The minimum atomic E-state index is -0.843. The van der Waals surface area contributed by atoms with E-state index < -0.39 is 6.09 Å². The van der Waals surface area contributed by atoms with E-state index >= 15 is 0 Å². The highest BCUT2D eigenvalue weighted by atomic mass is 16.4. The van der Waals surface area contributed by atoms with Crippen molar-refractivity contribution in [1.29, 1.82) is 0 Å². The Morgan fingerprint density at radius 2 is 1.90 bits per heavy atom. The number of rotatable bonds is 2. The van der Waals surface area contributed by atoms with Crippen LogP contribution in [0, 0.1) is 0 Å². The van der Waals surface area contributed by atoms with Crippen LogP contribution in [0.3, 0.4) is 0 Å². The van der Waals surface area contributed by atoms with Crippen molar-refractivity contribution >= 4 is 6.09 Å². The van der Waals surface area contributed by atoms with Crippen molar-refractivity contribution in [1.82, 2.24) is 14.7 Å². The molecule has 0 fully saturated rings. The first kappa shape index (κ1) is 15.9. The third-order valence-electron chi connectivity index (χ3n) is 4.49. The number of amides is 1. The topological polar surface area (TPSA) is 58.4 Å². The molecule has 1 aliphatic rings. The predicted molar refractivity (Wildman–Crippen MR) is 82.7 cm³/mol. The van der Waals surface area contributed by atoms with E-state index in [-0.39, 0.29) is 11.0 Å². The lowest BCUT2D eigenvalue weighted by atomic mass is 9.83. The minimum absolute atomic E-state index is 0.0396. The summed E-state index contributed by atoms with van der Waals surface area (Å²) in [4.78, 5) is 12.8. The first-order valence-corrected chi connectivity index (χ1v) is 7.67. The van der Waals surface area contributed by atoms with E-state index in [4.69, 9.17) is 5.10 Å². The third kappa shape index (κ3) is 2.78. The van der Waals surface area contributed by atoms with Gasteiger partial charge in [0.25, 0.3) is 0 Å². The molecular formula is C16H27N3O2. The number of hydrogen-bond donors (Lipinski definition) is 1. The minimum Gasteiger partial charge on any atom is -0.465 e. The van der Waals surface area contributed by atoms with Gasteiger partial charge in [-0.2, -0.15) is 5.10 Å². The number of carboxylic acid groups (broad SMARTS) is 1. The van der Waals surface area contributed by atoms with Gasteiger partial charge in [-0.05, 0) is 27.2 Å². The van der Waals surface area contributed by atoms with E-state index in [2.05, 4.69) is 46.2 Å². The van der Waals surface area contributed by atoms with Gasteiger partial charge in [0.05, 0.1) is 17.8 Å². The van der Waals surface area contributed by atoms with Crippen molar-refractivity contribution in [2.75, 3.05) is 6.54 Å². The lowest BCUT2D eigenvalue weighted by molar-refractivity contribution is 0.138. The van der Waals surface area contributed by atoms with Gasteiger partial charge in [-0.1, -0.05) is 20.8 Å². The Balaban J connectivity index is 2.58. The van der Waals surface area contributed by atoms with Crippen LogP contribution in [0.2, 0.25) is 0 Å². The van der Waals surface area contributed by atoms with Gasteiger partial charge in [-0.15, -0.1) is 0 Å². The van der Waals surface area contributed by atoms with Crippen molar-refractivity contribution in [3.63, 3.8) is 0 Å². The van der Waals surface area contributed by atoms with Gasteiger partial charge in [0.2, 0.25) is 0 Å². The zero-order valence-corrected chi connectivity index (χ0v) is 14.0. The largest absolute Gasteiger partial charge is 0.465 e. The van der Waals surface area contributed by atoms with Gasteiger partial charge in [-0.25, -0.2) is 4.79 Å². The zero-order chi connectivity index (χ0) is 16.0. The molecule has 1 aromatic heterocycles. The predicted octanol–water partition coefficient (Wildman–Crippen LogP) is 3.36. The fraction of sp³-hybridized carbons (Fsp3) is 0.750. The molecule has 0 aromatic carbocycles. The quantitative estimate of drug-likeness (QED) is 0.909. The lowest BCUT2D eigenvalue weighted by Gasteiger charge is -2.29. The molecule has 118 valence electrons. The lowest BCUT2D eigenvalue weighted by Crippen LogP contribution is -2.37. The van der Waals surface area contributed by atoms with Crippen LogP contribution in [0.15, 0.2) is 0 Å². The standard InChI is InChI=1S/C16H27N3O2/c1-7-16(5,6)13-11-10-18(14(20)21)9-8-12(11)19(17-13)15(2,3)4/h7-10H2,1-6H3,(H,20,21). The Labute approximate surface area is 126 Å². The van der Waals surface area contributed by atoms with Gasteiger partial charge >= 0.3 is 6.09 Å². The molecular weight excluding hydrogens is 266 g/mol. The highest BCUT2D eigenvalue weighted by Gasteiger charge is 2.35. The summed E-state index contributed by atoms with van der Waals surface area (Å²) in [5.74, 6) is 0. The molecule has 0 saturated heterocycles. The van der Waals surface area contributed by atoms with Gasteiger partial charge in [0.1, 0.15) is 0 Å². The van der Waals surface area contributed by atoms with E-state index in [9.17, 15) is 9.90 Å². The smallest absolute Gasteiger partial charge is 0.407 e. The maximum atomic E-state index is 11.3. The fourth-order valence-corrected chi connectivity index (χ4v) is 2.85. The molecule has 0 radical (unpaired) electrons. The second-order valence-electron chi connectivity index (χ2n) is 7.55. The summed E-state index contributed by atoms with van der Waals surface area (Å²) in [6, 6.07) is 0. The van der Waals surface area contributed by atoms with E-state index in [1.165, 1.54) is 10.6 Å². The Morgan fingerprint density at radius 3 is 2.38 bits per heavy atom. The highest BCUT2D eigenvalue weighted by molar-refractivity contribution is 5.65. The van der Waals surface area contributed by atoms with Crippen molar-refractivity contribution in [3.05, 3.63) is 17.0 Å². The number of carbonyl (C=O) groups is 1. The molecule has 1 aromatic rings. The van der Waals surface area contributed by atoms with Crippen LogP contribution in [-0.4, -0.2) is 32.4 Å². The maximum Gasteiger partial charge on any atom is 0.407 e. The molecule has 0 spiro atoms. The second kappa shape index (κ2) is 5.04. The summed E-state index contributed by atoms with van der Waals surface area (Å²) in [6.07, 6.45) is 0.878. The maximum absolute atomic E-state index is 11.3. The van der Waals surface area contributed by atoms with Crippen LogP contribution in [0.4, 0.5) is 4.79 Å². The number of nitrogens with zero attached hydrogens (tertiary/aromatic N) is 3. The molecule has 5 nitrogen and oxygen atoms in total. The summed E-state index contributed by atoms with van der Waals surface area (Å²) in [5, 5.41) is 14.2. The van der Waals surface area contributed by atoms with Crippen LogP contribution in [-0.2, 0) is 23.9 Å². The summed E-state index contributed by atoms with van der Waals surface area (Å²) >= 11 is 0. The van der Waals surface area contributed by atoms with E-state index in [1.807, 2.05) is 0 Å². The SMILES string of the molecule is CCC(C)(C)c1nn(C(C)(C)C)c2c1CN(C(=O)O)CC2. The van der Waals surface area contributed by atoms with Crippen molar-refractivity contribution in [2.45, 2.75) is 71.9 Å². The van der Waals surface area contributed by atoms with Crippen LogP contribution in [0.25, 0.3) is 0 Å². The molecule has 1 N–H and O–H groups in total. The molecule has 2 heterocycles. The number of hydrogen-bond acceptors (Lipinski definition) is 2. The summed E-state index contributed by atoms with van der Waals surface area (Å²) in [6.45, 7) is 14.0. The first-order valence-electron chi connectivity index (χ1n) is 7.67. The fourth-order valence-electron chi connectivity index (χ4n) is 2.85. The summed E-state index contributed by atoms with van der Waals surface area (Å²) < 4.78 is 2.11. The van der Waals surface area contributed by atoms with E-state index in [0.717, 1.165) is 24.1 Å². The average Bonchev–Trinajstić information content (AvgIpc) is 2.77.